The van der Waals surface area contributed by atoms with Gasteiger partial charge in [0.2, 0.25) is 5.91 Å². The van der Waals surface area contributed by atoms with E-state index in [0.29, 0.717) is 29.0 Å². The van der Waals surface area contributed by atoms with Crippen LogP contribution >= 0.6 is 11.8 Å². The maximum absolute atomic E-state index is 12.3. The van der Waals surface area contributed by atoms with Gasteiger partial charge in [-0.05, 0) is 31.2 Å². The van der Waals surface area contributed by atoms with Crippen LogP contribution in [0.3, 0.4) is 0 Å². The normalized spacial score (nSPS) is 11.5. The molecule has 0 radical (unpaired) electrons. The zero-order valence-corrected chi connectivity index (χ0v) is 17.8. The monoisotopic (exact) mass is 424 g/mol. The molecule has 30 heavy (non-hydrogen) atoms. The van der Waals surface area contributed by atoms with E-state index >= 15 is 0 Å². The van der Waals surface area contributed by atoms with Crippen molar-refractivity contribution in [1.29, 1.82) is 0 Å². The second-order valence-corrected chi connectivity index (χ2v) is 7.30. The van der Waals surface area contributed by atoms with Crippen LogP contribution in [0.5, 0.6) is 11.5 Å². The van der Waals surface area contributed by atoms with Gasteiger partial charge in [0.15, 0.2) is 28.6 Å². The number of amides is 1. The van der Waals surface area contributed by atoms with Crippen molar-refractivity contribution in [2.75, 3.05) is 18.2 Å². The molecule has 1 amide bonds. The summed E-state index contributed by atoms with van der Waals surface area (Å²) in [6.07, 6.45) is 1.39. The number of carbonyl (C=O) groups is 1. The minimum atomic E-state index is -0.374. The number of hydrogen-bond acceptors (Lipinski definition) is 6. The van der Waals surface area contributed by atoms with Crippen molar-refractivity contribution in [2.24, 2.45) is 0 Å². The number of anilines is 1. The number of thioether (sulfide) groups is 1. The molecule has 1 atom stereocenters. The van der Waals surface area contributed by atoms with E-state index in [1.54, 1.807) is 13.2 Å². The summed E-state index contributed by atoms with van der Waals surface area (Å²) in [5, 5.41) is 12.0. The van der Waals surface area contributed by atoms with Crippen LogP contribution in [0.2, 0.25) is 0 Å². The van der Waals surface area contributed by atoms with Gasteiger partial charge in [0, 0.05) is 12.2 Å². The molecular weight excluding hydrogens is 400 g/mol. The van der Waals surface area contributed by atoms with Crippen LogP contribution in [-0.4, -0.2) is 33.5 Å². The summed E-state index contributed by atoms with van der Waals surface area (Å²) in [5.74, 6) is 2.01. The predicted molar refractivity (Wildman–Crippen MR) is 118 cm³/mol. The van der Waals surface area contributed by atoms with Crippen LogP contribution in [0.4, 0.5) is 5.69 Å². The van der Waals surface area contributed by atoms with Gasteiger partial charge in [-0.2, -0.15) is 0 Å². The van der Waals surface area contributed by atoms with Gasteiger partial charge < -0.3 is 14.8 Å². The summed E-state index contributed by atoms with van der Waals surface area (Å²) in [6, 6.07) is 16.8. The topological polar surface area (TPSA) is 78.3 Å². The highest BCUT2D eigenvalue weighted by molar-refractivity contribution is 7.99. The van der Waals surface area contributed by atoms with Crippen molar-refractivity contribution in [3.05, 3.63) is 73.1 Å². The largest absolute Gasteiger partial charge is 0.493 e. The van der Waals surface area contributed by atoms with E-state index in [-0.39, 0.29) is 17.8 Å². The molecular formula is C22H24N4O3S. The third-order valence-corrected chi connectivity index (χ3v) is 5.15. The lowest BCUT2D eigenvalue weighted by atomic mass is 10.3. The number of nitrogens with one attached hydrogen (secondary N) is 1. The van der Waals surface area contributed by atoms with Crippen LogP contribution in [0.15, 0.2) is 72.4 Å². The molecule has 0 saturated heterocycles. The zero-order chi connectivity index (χ0) is 21.3. The summed E-state index contributed by atoms with van der Waals surface area (Å²) in [7, 11) is 1.60. The maximum Gasteiger partial charge on any atom is 0.234 e. The van der Waals surface area contributed by atoms with Gasteiger partial charge in [0.1, 0.15) is 0 Å². The van der Waals surface area contributed by atoms with Crippen molar-refractivity contribution < 1.29 is 14.3 Å². The number of methoxy groups -OCH3 is 1. The number of benzene rings is 2. The van der Waals surface area contributed by atoms with E-state index < -0.39 is 0 Å². The summed E-state index contributed by atoms with van der Waals surface area (Å²) in [5.41, 5.74) is 0.759. The van der Waals surface area contributed by atoms with Gasteiger partial charge in [-0.3, -0.25) is 9.36 Å². The second kappa shape index (κ2) is 10.5. The summed E-state index contributed by atoms with van der Waals surface area (Å²) < 4.78 is 13.3. The summed E-state index contributed by atoms with van der Waals surface area (Å²) >= 11 is 1.32. The fourth-order valence-corrected chi connectivity index (χ4v) is 3.57. The number of rotatable bonds is 10. The highest BCUT2D eigenvalue weighted by Crippen LogP contribution is 2.31. The minimum Gasteiger partial charge on any atom is -0.493 e. The summed E-state index contributed by atoms with van der Waals surface area (Å²) in [6.45, 7) is 6.21. The van der Waals surface area contributed by atoms with Crippen molar-refractivity contribution in [2.45, 2.75) is 24.7 Å². The molecule has 1 N–H and O–H groups in total. The Hall–Kier alpha value is -3.26. The molecule has 0 saturated carbocycles. The molecule has 0 aliphatic rings. The van der Waals surface area contributed by atoms with Gasteiger partial charge in [0.25, 0.3) is 0 Å². The van der Waals surface area contributed by atoms with E-state index in [0.717, 1.165) is 5.69 Å². The molecule has 156 valence electrons. The lowest BCUT2D eigenvalue weighted by molar-refractivity contribution is -0.113. The van der Waals surface area contributed by atoms with Crippen LogP contribution in [-0.2, 0) is 11.3 Å². The fraction of sp³-hybridized carbons (Fsp3) is 0.227. The molecule has 2 aromatic carbocycles. The Labute approximate surface area is 180 Å². The van der Waals surface area contributed by atoms with E-state index in [9.17, 15) is 4.79 Å². The Kier molecular flexibility index (Phi) is 7.51. The first-order valence-corrected chi connectivity index (χ1v) is 10.4. The van der Waals surface area contributed by atoms with Crippen molar-refractivity contribution in [1.82, 2.24) is 14.8 Å². The number of allylic oxidation sites excluding steroid dienone is 1. The maximum atomic E-state index is 12.3. The molecule has 7 nitrogen and oxygen atoms in total. The average Bonchev–Trinajstić information content (AvgIpc) is 3.16. The van der Waals surface area contributed by atoms with Crippen molar-refractivity contribution in [3.63, 3.8) is 0 Å². The molecule has 1 unspecified atom stereocenters. The highest BCUT2D eigenvalue weighted by Gasteiger charge is 2.20. The number of nitrogens with zero attached hydrogens (tertiary/aromatic N) is 3. The fourth-order valence-electron chi connectivity index (χ4n) is 2.82. The first-order valence-electron chi connectivity index (χ1n) is 9.43. The number of aromatic nitrogens is 3. The molecule has 0 aliphatic carbocycles. The van der Waals surface area contributed by atoms with Crippen LogP contribution in [0.1, 0.15) is 18.9 Å². The van der Waals surface area contributed by atoms with Crippen molar-refractivity contribution >= 4 is 23.4 Å². The van der Waals surface area contributed by atoms with Gasteiger partial charge in [-0.15, -0.1) is 16.8 Å². The lowest BCUT2D eigenvalue weighted by Gasteiger charge is -2.17. The number of carbonyl (C=O) groups excluding carboxylic acids is 1. The van der Waals surface area contributed by atoms with Gasteiger partial charge >= 0.3 is 0 Å². The van der Waals surface area contributed by atoms with Gasteiger partial charge in [-0.1, -0.05) is 48.2 Å². The van der Waals surface area contributed by atoms with E-state index in [2.05, 4.69) is 22.1 Å². The molecule has 0 aliphatic heterocycles. The van der Waals surface area contributed by atoms with E-state index in [1.165, 1.54) is 11.8 Å². The lowest BCUT2D eigenvalue weighted by Crippen LogP contribution is -2.15. The number of para-hydroxylation sites is 3. The molecule has 0 bridgehead atoms. The third kappa shape index (κ3) is 5.42. The van der Waals surface area contributed by atoms with Crippen LogP contribution in [0.25, 0.3) is 0 Å². The first-order chi connectivity index (χ1) is 14.6. The Morgan fingerprint density at radius 2 is 1.87 bits per heavy atom. The SMILES string of the molecule is C=CCn1c(SCC(=O)Nc2ccccc2)nnc1C(C)Oc1ccccc1OC. The molecule has 1 heterocycles. The van der Waals surface area contributed by atoms with E-state index in [1.807, 2.05) is 66.1 Å². The van der Waals surface area contributed by atoms with Gasteiger partial charge in [-0.25, -0.2) is 0 Å². The van der Waals surface area contributed by atoms with Gasteiger partial charge in [0.05, 0.1) is 12.9 Å². The Bertz CT molecular complexity index is 991. The standard InChI is InChI=1S/C22H24N4O3S/c1-4-14-26-21(16(2)29-19-13-9-8-12-18(19)28-3)24-25-22(26)30-15-20(27)23-17-10-6-5-7-11-17/h4-13,16H,1,14-15H2,2-3H3,(H,23,27). The van der Waals surface area contributed by atoms with Crippen molar-refractivity contribution in [3.8, 4) is 11.5 Å². The Morgan fingerprint density at radius 3 is 2.57 bits per heavy atom. The molecule has 1 aromatic heterocycles. The molecule has 8 heteroatoms. The van der Waals surface area contributed by atoms with E-state index in [4.69, 9.17) is 9.47 Å². The van der Waals surface area contributed by atoms with Crippen LogP contribution in [0, 0.1) is 0 Å². The Balaban J connectivity index is 1.69. The molecule has 0 fully saturated rings. The molecule has 3 rings (SSSR count). The number of hydrogen-bond donors (Lipinski definition) is 1. The summed E-state index contributed by atoms with van der Waals surface area (Å²) in [4.78, 5) is 12.3. The smallest absolute Gasteiger partial charge is 0.234 e. The second-order valence-electron chi connectivity index (χ2n) is 6.35. The average molecular weight is 425 g/mol. The number of ether oxygens (including phenoxy) is 2. The highest BCUT2D eigenvalue weighted by atomic mass is 32.2. The van der Waals surface area contributed by atoms with Crippen LogP contribution < -0.4 is 14.8 Å². The molecule has 0 spiro atoms. The first kappa shape index (κ1) is 21.4. The predicted octanol–water partition coefficient (Wildman–Crippen LogP) is 4.34. The third-order valence-electron chi connectivity index (χ3n) is 4.18. The zero-order valence-electron chi connectivity index (χ0n) is 16.9. The molecule has 3 aromatic rings. The minimum absolute atomic E-state index is 0.112. The Morgan fingerprint density at radius 1 is 1.17 bits per heavy atom. The quantitative estimate of drug-likeness (QED) is 0.385.